The number of carbonyl (C=O) groups excluding carboxylic acids is 3. The molecule has 0 radical (unpaired) electrons. The van der Waals surface area contributed by atoms with E-state index in [1.165, 1.54) is 14.2 Å². The molecule has 0 aliphatic rings. The van der Waals surface area contributed by atoms with Crippen molar-refractivity contribution in [3.8, 4) is 0 Å². The fourth-order valence-corrected chi connectivity index (χ4v) is 1.50. The number of esters is 3. The average Bonchev–Trinajstić information content (AvgIpc) is 2.33. The molecule has 0 amide bonds. The van der Waals surface area contributed by atoms with Crippen LogP contribution in [0.2, 0.25) is 0 Å². The van der Waals surface area contributed by atoms with Gasteiger partial charge in [-0.25, -0.2) is 9.59 Å². The first kappa shape index (κ1) is 15.5. The first-order valence-corrected chi connectivity index (χ1v) is 5.70. The highest BCUT2D eigenvalue weighted by Crippen LogP contribution is 2.17. The van der Waals surface area contributed by atoms with Crippen LogP contribution in [0, 0.1) is 0 Å². The van der Waals surface area contributed by atoms with Crippen LogP contribution in [0.3, 0.4) is 0 Å². The van der Waals surface area contributed by atoms with Gasteiger partial charge in [0, 0.05) is 6.08 Å². The number of hydrogen-bond acceptors (Lipinski definition) is 7. The van der Waals surface area contributed by atoms with E-state index in [4.69, 9.17) is 0 Å². The summed E-state index contributed by atoms with van der Waals surface area (Å²) in [6, 6.07) is 0. The maximum absolute atomic E-state index is 11.3. The molecule has 0 aromatic rings. The minimum absolute atomic E-state index is 0.00703. The lowest BCUT2D eigenvalue weighted by Gasteiger charge is -2.04. The molecule has 0 saturated carbocycles. The van der Waals surface area contributed by atoms with Crippen LogP contribution in [-0.2, 0) is 28.6 Å². The summed E-state index contributed by atoms with van der Waals surface area (Å²) in [6.07, 6.45) is 0.968. The maximum Gasteiger partial charge on any atom is 0.344 e. The van der Waals surface area contributed by atoms with Crippen molar-refractivity contribution < 1.29 is 28.6 Å². The van der Waals surface area contributed by atoms with Crippen molar-refractivity contribution in [2.24, 2.45) is 0 Å². The van der Waals surface area contributed by atoms with Gasteiger partial charge in [0.1, 0.15) is 4.91 Å². The molecule has 0 spiro atoms. The summed E-state index contributed by atoms with van der Waals surface area (Å²) in [4.78, 5) is 33.3. The first-order valence-electron chi connectivity index (χ1n) is 4.71. The van der Waals surface area contributed by atoms with Crippen LogP contribution in [0.5, 0.6) is 0 Å². The second-order valence-electron chi connectivity index (χ2n) is 2.62. The van der Waals surface area contributed by atoms with Gasteiger partial charge in [-0.2, -0.15) is 0 Å². The molecule has 0 bridgehead atoms. The van der Waals surface area contributed by atoms with Crippen LogP contribution >= 0.6 is 11.8 Å². The fourth-order valence-electron chi connectivity index (χ4n) is 0.765. The van der Waals surface area contributed by atoms with E-state index in [-0.39, 0.29) is 17.3 Å². The Morgan fingerprint density at radius 2 is 1.82 bits per heavy atom. The normalized spacial score (nSPS) is 10.6. The quantitative estimate of drug-likeness (QED) is 0.392. The lowest BCUT2D eigenvalue weighted by atomic mass is 10.5. The van der Waals surface area contributed by atoms with Crippen LogP contribution in [0.25, 0.3) is 0 Å². The molecule has 0 N–H and O–H groups in total. The Balaban J connectivity index is 4.51. The molecule has 0 fully saturated rings. The third-order valence-electron chi connectivity index (χ3n) is 1.49. The van der Waals surface area contributed by atoms with E-state index in [1.807, 2.05) is 0 Å². The Morgan fingerprint density at radius 3 is 2.29 bits per heavy atom. The van der Waals surface area contributed by atoms with Gasteiger partial charge in [-0.15, -0.1) is 11.8 Å². The number of rotatable bonds is 6. The van der Waals surface area contributed by atoms with Crippen molar-refractivity contribution in [3.63, 3.8) is 0 Å². The second kappa shape index (κ2) is 8.63. The summed E-state index contributed by atoms with van der Waals surface area (Å²) < 4.78 is 13.5. The molecule has 0 aromatic heterocycles. The largest absolute Gasteiger partial charge is 0.466 e. The molecule has 0 aliphatic heterocycles. The van der Waals surface area contributed by atoms with Crippen LogP contribution in [-0.4, -0.2) is 44.5 Å². The number of ether oxygens (including phenoxy) is 3. The van der Waals surface area contributed by atoms with Gasteiger partial charge in [0.2, 0.25) is 0 Å². The van der Waals surface area contributed by atoms with Gasteiger partial charge in [-0.3, -0.25) is 4.79 Å². The maximum atomic E-state index is 11.3. The van der Waals surface area contributed by atoms with Crippen molar-refractivity contribution >= 4 is 29.7 Å². The Kier molecular flexibility index (Phi) is 7.87. The molecular weight excluding hydrogens is 248 g/mol. The lowest BCUT2D eigenvalue weighted by Crippen LogP contribution is -2.11. The van der Waals surface area contributed by atoms with Crippen LogP contribution in [0.1, 0.15) is 6.92 Å². The highest BCUT2D eigenvalue weighted by Gasteiger charge is 2.15. The monoisotopic (exact) mass is 262 g/mol. The van der Waals surface area contributed by atoms with E-state index < -0.39 is 17.9 Å². The van der Waals surface area contributed by atoms with E-state index in [0.29, 0.717) is 0 Å². The molecule has 0 atom stereocenters. The summed E-state index contributed by atoms with van der Waals surface area (Å²) in [5, 5.41) is 0. The van der Waals surface area contributed by atoms with Gasteiger partial charge in [-0.05, 0) is 6.92 Å². The lowest BCUT2D eigenvalue weighted by molar-refractivity contribution is -0.140. The zero-order valence-corrected chi connectivity index (χ0v) is 10.7. The van der Waals surface area contributed by atoms with Crippen LogP contribution in [0.15, 0.2) is 11.0 Å². The molecule has 0 saturated heterocycles. The predicted molar refractivity (Wildman–Crippen MR) is 61.2 cm³/mol. The Morgan fingerprint density at radius 1 is 1.18 bits per heavy atom. The molecule has 0 aliphatic carbocycles. The minimum atomic E-state index is -0.704. The zero-order valence-electron chi connectivity index (χ0n) is 9.85. The third-order valence-corrected chi connectivity index (χ3v) is 2.46. The molecule has 96 valence electrons. The average molecular weight is 262 g/mol. The van der Waals surface area contributed by atoms with Crippen LogP contribution < -0.4 is 0 Å². The van der Waals surface area contributed by atoms with Gasteiger partial charge < -0.3 is 14.2 Å². The summed E-state index contributed by atoms with van der Waals surface area (Å²) in [7, 11) is 2.36. The summed E-state index contributed by atoms with van der Waals surface area (Å²) >= 11 is 0.857. The summed E-state index contributed by atoms with van der Waals surface area (Å²) in [6.45, 7) is 1.93. The SMILES string of the molecule is CCOC(=O)CS/C(=C\C(=O)OC)C(=O)OC. The molecule has 0 unspecified atom stereocenters. The van der Waals surface area contributed by atoms with Crippen molar-refractivity contribution in [2.75, 3.05) is 26.6 Å². The van der Waals surface area contributed by atoms with E-state index in [0.717, 1.165) is 17.8 Å². The highest BCUT2D eigenvalue weighted by molar-refractivity contribution is 8.04. The van der Waals surface area contributed by atoms with Crippen molar-refractivity contribution in [1.29, 1.82) is 0 Å². The van der Waals surface area contributed by atoms with Gasteiger partial charge in [0.15, 0.2) is 0 Å². The third kappa shape index (κ3) is 6.62. The Hall–Kier alpha value is -1.50. The molecular formula is C10H14O6S. The molecule has 0 heterocycles. The van der Waals surface area contributed by atoms with E-state index in [9.17, 15) is 14.4 Å². The van der Waals surface area contributed by atoms with Gasteiger partial charge in [-0.1, -0.05) is 0 Å². The van der Waals surface area contributed by atoms with E-state index in [2.05, 4.69) is 14.2 Å². The van der Waals surface area contributed by atoms with Crippen molar-refractivity contribution in [3.05, 3.63) is 11.0 Å². The minimum Gasteiger partial charge on any atom is -0.466 e. The van der Waals surface area contributed by atoms with Crippen molar-refractivity contribution in [2.45, 2.75) is 6.92 Å². The number of methoxy groups -OCH3 is 2. The summed E-state index contributed by atoms with van der Waals surface area (Å²) in [5.74, 6) is -1.95. The fraction of sp³-hybridized carbons (Fsp3) is 0.500. The topological polar surface area (TPSA) is 78.9 Å². The van der Waals surface area contributed by atoms with Crippen molar-refractivity contribution in [1.82, 2.24) is 0 Å². The molecule has 0 aromatic carbocycles. The zero-order chi connectivity index (χ0) is 13.3. The smallest absolute Gasteiger partial charge is 0.344 e. The second-order valence-corrected chi connectivity index (χ2v) is 3.63. The molecule has 17 heavy (non-hydrogen) atoms. The highest BCUT2D eigenvalue weighted by atomic mass is 32.2. The van der Waals surface area contributed by atoms with E-state index >= 15 is 0 Å². The Labute approximate surface area is 103 Å². The molecule has 6 nitrogen and oxygen atoms in total. The van der Waals surface area contributed by atoms with Gasteiger partial charge >= 0.3 is 17.9 Å². The van der Waals surface area contributed by atoms with Gasteiger partial charge in [0.05, 0.1) is 26.6 Å². The van der Waals surface area contributed by atoms with Crippen LogP contribution in [0.4, 0.5) is 0 Å². The standard InChI is InChI=1S/C10H14O6S/c1-4-16-9(12)6-17-7(10(13)15-3)5-8(11)14-2/h5H,4,6H2,1-3H3/b7-5-. The first-order chi connectivity index (χ1) is 8.04. The molecule has 7 heteroatoms. The summed E-state index contributed by atoms with van der Waals surface area (Å²) in [5.41, 5.74) is 0. The Bertz CT molecular complexity index is 323. The van der Waals surface area contributed by atoms with E-state index in [1.54, 1.807) is 6.92 Å². The number of thioether (sulfide) groups is 1. The number of carbonyl (C=O) groups is 3. The van der Waals surface area contributed by atoms with Gasteiger partial charge in [0.25, 0.3) is 0 Å². The molecule has 0 rings (SSSR count). The predicted octanol–water partition coefficient (Wildman–Crippen LogP) is 0.513. The number of hydrogen-bond donors (Lipinski definition) is 0.